The number of hydrogen-bond donors (Lipinski definition) is 1. The summed E-state index contributed by atoms with van der Waals surface area (Å²) in [6.45, 7) is 5.61. The second kappa shape index (κ2) is 10.8. The third-order valence-electron chi connectivity index (χ3n) is 6.61. The first kappa shape index (κ1) is 25.1. The van der Waals surface area contributed by atoms with E-state index < -0.39 is 0 Å². The van der Waals surface area contributed by atoms with Gasteiger partial charge in [0.05, 0.1) is 6.20 Å². The smallest absolute Gasteiger partial charge is 0.168 e. The van der Waals surface area contributed by atoms with Gasteiger partial charge in [-0.3, -0.25) is 9.89 Å². The van der Waals surface area contributed by atoms with Gasteiger partial charge in [-0.25, -0.2) is 4.39 Å². The molecule has 4 aromatic rings. The van der Waals surface area contributed by atoms with Gasteiger partial charge in [-0.1, -0.05) is 43.6 Å². The molecule has 0 fully saturated rings. The Morgan fingerprint density at radius 3 is 2.71 bits per heavy atom. The largest absolute Gasteiger partial charge is 0.345 e. The molecule has 184 valence electrons. The van der Waals surface area contributed by atoms with Crippen LogP contribution in [0, 0.1) is 11.7 Å². The Morgan fingerprint density at radius 2 is 2.00 bits per heavy atom. The normalized spacial score (nSPS) is 15.1. The highest BCUT2D eigenvalue weighted by Crippen LogP contribution is 2.34. The van der Waals surface area contributed by atoms with E-state index in [0.717, 1.165) is 64.7 Å². The number of fused-ring (bicyclic) bond motifs is 2. The van der Waals surface area contributed by atoms with E-state index in [2.05, 4.69) is 25.7 Å². The lowest BCUT2D eigenvalue weighted by molar-refractivity contribution is 0.0910. The lowest BCUT2D eigenvalue weighted by Gasteiger charge is -2.23. The van der Waals surface area contributed by atoms with E-state index in [1.54, 1.807) is 12.3 Å². The van der Waals surface area contributed by atoms with Crippen LogP contribution in [0.4, 0.5) is 4.39 Å². The highest BCUT2D eigenvalue weighted by atomic mass is 35.5. The molecule has 5 nitrogen and oxygen atoms in total. The fourth-order valence-corrected chi connectivity index (χ4v) is 5.00. The lowest BCUT2D eigenvalue weighted by Crippen LogP contribution is -2.23. The molecule has 0 aliphatic heterocycles. The van der Waals surface area contributed by atoms with Gasteiger partial charge in [-0.15, -0.1) is 0 Å². The zero-order valence-electron chi connectivity index (χ0n) is 20.7. The summed E-state index contributed by atoms with van der Waals surface area (Å²) in [5.74, 6) is -0.254. The number of benzene rings is 2. The maximum absolute atomic E-state index is 13.8. The van der Waals surface area contributed by atoms with Gasteiger partial charge in [-0.2, -0.15) is 5.10 Å². The highest BCUT2D eigenvalue weighted by Gasteiger charge is 2.28. The number of nitrogens with zero attached hydrogens (tertiary/aromatic N) is 3. The number of ketones is 1. The zero-order chi connectivity index (χ0) is 25.1. The lowest BCUT2D eigenvalue weighted by atomic mass is 9.80. The fraction of sp³-hybridized carbons (Fsp3) is 0.357. The second-order valence-corrected chi connectivity index (χ2v) is 9.46. The van der Waals surface area contributed by atoms with Crippen molar-refractivity contribution >= 4 is 28.3 Å². The van der Waals surface area contributed by atoms with Gasteiger partial charge < -0.3 is 9.47 Å². The number of aryl methyl sites for hydroxylation is 1. The van der Waals surface area contributed by atoms with Crippen LogP contribution in [0.25, 0.3) is 22.0 Å². The SMILES string of the molecule is CC.CN(C)CCn1cc(C(=O)C2CCc3ccc(F)cc3C2)c2ccc(-c3cn[nH]c3Cl)cc21. The summed E-state index contributed by atoms with van der Waals surface area (Å²) in [5, 5.41) is 8.23. The van der Waals surface area contributed by atoms with Crippen molar-refractivity contribution in [1.82, 2.24) is 19.7 Å². The van der Waals surface area contributed by atoms with Crippen LogP contribution in [-0.4, -0.2) is 46.1 Å². The Bertz CT molecular complexity index is 1340. The second-order valence-electron chi connectivity index (χ2n) is 9.09. The Hall–Kier alpha value is -2.96. The Balaban J connectivity index is 0.00000141. The van der Waals surface area contributed by atoms with Crippen LogP contribution < -0.4 is 0 Å². The van der Waals surface area contributed by atoms with Crippen molar-refractivity contribution < 1.29 is 9.18 Å². The maximum atomic E-state index is 13.8. The van der Waals surface area contributed by atoms with E-state index in [9.17, 15) is 9.18 Å². The molecule has 0 amide bonds. The zero-order valence-corrected chi connectivity index (χ0v) is 21.5. The molecule has 1 aliphatic rings. The molecule has 5 rings (SSSR count). The van der Waals surface area contributed by atoms with Crippen molar-refractivity contribution in [2.24, 2.45) is 5.92 Å². The number of carbonyl (C=O) groups excluding carboxylic acids is 1. The summed E-state index contributed by atoms with van der Waals surface area (Å²) < 4.78 is 15.9. The van der Waals surface area contributed by atoms with Crippen LogP contribution in [0.2, 0.25) is 5.15 Å². The van der Waals surface area contributed by atoms with E-state index in [1.807, 2.05) is 52.3 Å². The first-order chi connectivity index (χ1) is 16.9. The molecule has 1 unspecified atom stereocenters. The molecule has 0 spiro atoms. The van der Waals surface area contributed by atoms with E-state index in [0.29, 0.717) is 11.6 Å². The van der Waals surface area contributed by atoms with E-state index in [4.69, 9.17) is 11.6 Å². The van der Waals surface area contributed by atoms with Crippen LogP contribution in [0.15, 0.2) is 48.8 Å². The summed E-state index contributed by atoms with van der Waals surface area (Å²) >= 11 is 6.27. The number of aromatic amines is 1. The Kier molecular flexibility index (Phi) is 7.72. The molecular weight excluding hydrogens is 463 g/mol. The third-order valence-corrected chi connectivity index (χ3v) is 6.90. The Morgan fingerprint density at radius 1 is 1.20 bits per heavy atom. The van der Waals surface area contributed by atoms with Crippen molar-refractivity contribution in [3.63, 3.8) is 0 Å². The van der Waals surface area contributed by atoms with Crippen molar-refractivity contribution in [1.29, 1.82) is 0 Å². The van der Waals surface area contributed by atoms with Gasteiger partial charge in [0, 0.05) is 47.2 Å². The van der Waals surface area contributed by atoms with Gasteiger partial charge in [-0.05, 0) is 68.2 Å². The van der Waals surface area contributed by atoms with E-state index in [-0.39, 0.29) is 17.5 Å². The minimum Gasteiger partial charge on any atom is -0.345 e. The van der Waals surface area contributed by atoms with Crippen molar-refractivity contribution in [2.45, 2.75) is 39.7 Å². The summed E-state index contributed by atoms with van der Waals surface area (Å²) in [7, 11) is 4.07. The van der Waals surface area contributed by atoms with Gasteiger partial charge in [0.25, 0.3) is 0 Å². The number of aromatic nitrogens is 3. The average molecular weight is 495 g/mol. The van der Waals surface area contributed by atoms with Crippen LogP contribution in [0.5, 0.6) is 0 Å². The average Bonchev–Trinajstić information content (AvgIpc) is 3.46. The van der Waals surface area contributed by atoms with Crippen molar-refractivity contribution in [3.8, 4) is 11.1 Å². The molecule has 35 heavy (non-hydrogen) atoms. The number of carbonyl (C=O) groups is 1. The molecule has 2 heterocycles. The third kappa shape index (κ3) is 5.19. The summed E-state index contributed by atoms with van der Waals surface area (Å²) in [5.41, 5.74) is 5.61. The summed E-state index contributed by atoms with van der Waals surface area (Å²) in [4.78, 5) is 15.8. The van der Waals surface area contributed by atoms with Gasteiger partial charge >= 0.3 is 0 Å². The Labute approximate surface area is 210 Å². The van der Waals surface area contributed by atoms with Crippen molar-refractivity contribution in [3.05, 3.63) is 76.5 Å². The molecule has 1 N–H and O–H groups in total. The molecule has 0 saturated carbocycles. The van der Waals surface area contributed by atoms with Crippen molar-refractivity contribution in [2.75, 3.05) is 20.6 Å². The topological polar surface area (TPSA) is 53.9 Å². The number of halogens is 2. The van der Waals surface area contributed by atoms with E-state index >= 15 is 0 Å². The molecule has 1 aliphatic carbocycles. The van der Waals surface area contributed by atoms with Gasteiger partial charge in [0.2, 0.25) is 0 Å². The first-order valence-electron chi connectivity index (χ1n) is 12.2. The van der Waals surface area contributed by atoms with Crippen LogP contribution in [-0.2, 0) is 19.4 Å². The minimum atomic E-state index is -0.243. The van der Waals surface area contributed by atoms with E-state index in [1.165, 1.54) is 6.07 Å². The van der Waals surface area contributed by atoms with Crippen LogP contribution in [0.3, 0.4) is 0 Å². The number of rotatable bonds is 6. The monoisotopic (exact) mass is 494 g/mol. The predicted octanol–water partition coefficient (Wildman–Crippen LogP) is 6.40. The molecule has 2 aromatic heterocycles. The molecule has 2 aromatic carbocycles. The first-order valence-corrected chi connectivity index (χ1v) is 12.6. The summed E-state index contributed by atoms with van der Waals surface area (Å²) in [6, 6.07) is 11.0. The quantitative estimate of drug-likeness (QED) is 0.315. The maximum Gasteiger partial charge on any atom is 0.168 e. The number of H-pyrrole nitrogens is 1. The number of likely N-dealkylation sites (N-methyl/N-ethyl adjacent to an activating group) is 1. The molecule has 7 heteroatoms. The predicted molar refractivity (Wildman–Crippen MR) is 141 cm³/mol. The standard InChI is InChI=1S/C26H26ClFN4O.C2H6/c1-31(2)9-10-32-15-23(21-8-6-17(13-24(21)32)22-14-29-30-26(22)27)25(33)18-4-3-16-5-7-20(28)12-19(16)11-18;1-2/h5-8,12-15,18H,3-4,9-11H2,1-2H3,(H,29,30);1-2H3. The fourth-order valence-electron chi connectivity index (χ4n) is 4.79. The minimum absolute atomic E-state index is 0.132. The molecule has 0 saturated heterocycles. The molecule has 0 bridgehead atoms. The van der Waals surface area contributed by atoms with Crippen LogP contribution >= 0.6 is 11.6 Å². The molecular formula is C28H32ClFN4O. The molecule has 1 atom stereocenters. The molecule has 0 radical (unpaired) electrons. The van der Waals surface area contributed by atoms with Gasteiger partial charge in [0.1, 0.15) is 11.0 Å². The number of Topliss-reactive ketones (excluding diaryl/α,β-unsaturated/α-hetero) is 1. The highest BCUT2D eigenvalue weighted by molar-refractivity contribution is 6.32. The number of hydrogen-bond acceptors (Lipinski definition) is 3. The van der Waals surface area contributed by atoms with Gasteiger partial charge in [0.15, 0.2) is 5.78 Å². The van der Waals surface area contributed by atoms with Crippen LogP contribution in [0.1, 0.15) is 41.8 Å². The summed E-state index contributed by atoms with van der Waals surface area (Å²) in [6.07, 6.45) is 5.86. The number of nitrogens with one attached hydrogen (secondary N) is 1.